The van der Waals surface area contributed by atoms with E-state index in [2.05, 4.69) is 5.32 Å². The Morgan fingerprint density at radius 2 is 1.50 bits per heavy atom. The van der Waals surface area contributed by atoms with Crippen LogP contribution in [0.2, 0.25) is 0 Å². The summed E-state index contributed by atoms with van der Waals surface area (Å²) in [7, 11) is -9.93. The summed E-state index contributed by atoms with van der Waals surface area (Å²) < 4.78 is 22.4. The molecule has 0 unspecified atom stereocenters. The van der Waals surface area contributed by atoms with Crippen LogP contribution in [0.4, 0.5) is 5.69 Å². The van der Waals surface area contributed by atoms with E-state index in [4.69, 9.17) is 19.6 Å². The van der Waals surface area contributed by atoms with Crippen LogP contribution in [0.5, 0.6) is 0 Å². The van der Waals surface area contributed by atoms with Crippen molar-refractivity contribution in [3.63, 3.8) is 0 Å². The minimum Gasteiger partial charge on any atom is -0.362 e. The summed E-state index contributed by atoms with van der Waals surface area (Å²) in [5, 5.41) is 2.28. The van der Waals surface area contributed by atoms with E-state index < -0.39 is 20.7 Å². The number of fused-ring (bicyclic) bond motifs is 1. The van der Waals surface area contributed by atoms with Crippen molar-refractivity contribution in [1.82, 2.24) is 0 Å². The minimum atomic E-state index is -4.97. The molecule has 112 valence electrons. The van der Waals surface area contributed by atoms with Gasteiger partial charge >= 0.3 is 15.2 Å². The van der Waals surface area contributed by atoms with E-state index in [1.807, 2.05) is 6.07 Å². The quantitative estimate of drug-likeness (QED) is 0.533. The summed E-state index contributed by atoms with van der Waals surface area (Å²) in [4.78, 5) is 36.3. The maximum atomic E-state index is 11.2. The molecule has 2 rings (SSSR count). The van der Waals surface area contributed by atoms with E-state index in [1.165, 1.54) is 5.56 Å². The number of anilines is 1. The Hall–Kier alpha value is -0.680. The van der Waals surface area contributed by atoms with Crippen LogP contribution in [0.15, 0.2) is 18.2 Å². The lowest BCUT2D eigenvalue weighted by Crippen LogP contribution is -2.20. The molecule has 0 fully saturated rings. The Bertz CT molecular complexity index is 571. The Morgan fingerprint density at radius 1 is 0.950 bits per heavy atom. The van der Waals surface area contributed by atoms with Gasteiger partial charge in [0.25, 0.3) is 0 Å². The Kier molecular flexibility index (Phi) is 4.40. The van der Waals surface area contributed by atoms with E-state index in [0.29, 0.717) is 5.69 Å². The van der Waals surface area contributed by atoms with Crippen molar-refractivity contribution >= 4 is 20.9 Å². The van der Waals surface area contributed by atoms with Crippen molar-refractivity contribution in [1.29, 1.82) is 0 Å². The van der Waals surface area contributed by atoms with Crippen LogP contribution >= 0.6 is 15.2 Å². The van der Waals surface area contributed by atoms with Gasteiger partial charge in [-0.05, 0) is 48.9 Å². The number of hydrogen-bond donors (Lipinski definition) is 5. The number of aryl methyl sites for hydroxylation is 2. The van der Waals surface area contributed by atoms with Gasteiger partial charge in [0.2, 0.25) is 5.52 Å². The number of nitrogens with one attached hydrogen (secondary N) is 1. The van der Waals surface area contributed by atoms with Crippen LogP contribution < -0.4 is 5.32 Å². The van der Waals surface area contributed by atoms with Gasteiger partial charge < -0.3 is 24.9 Å². The fraction of sp³-hybridized carbons (Fsp3) is 0.455. The van der Waals surface area contributed by atoms with E-state index in [1.54, 1.807) is 12.1 Å². The van der Waals surface area contributed by atoms with Crippen LogP contribution in [0, 0.1) is 0 Å². The van der Waals surface area contributed by atoms with Gasteiger partial charge in [0.15, 0.2) is 0 Å². The molecule has 1 aromatic carbocycles. The van der Waals surface area contributed by atoms with Crippen molar-refractivity contribution < 1.29 is 28.7 Å². The minimum absolute atomic E-state index is 0.308. The fourth-order valence-electron chi connectivity index (χ4n) is 2.34. The van der Waals surface area contributed by atoms with Gasteiger partial charge in [-0.15, -0.1) is 0 Å². The standard InChI is InChI=1S/C11H17NO6P2/c13-19(14,15)11(20(16,17)18)12-10-6-5-8-3-1-2-4-9(8)7-10/h5-7,11-12H,1-4H2,(H2,13,14,15)(H2,16,17,18). The van der Waals surface area contributed by atoms with E-state index in [0.717, 1.165) is 31.2 Å². The molecule has 0 aromatic heterocycles. The Balaban J connectivity index is 2.28. The first-order valence-electron chi connectivity index (χ1n) is 6.17. The van der Waals surface area contributed by atoms with Crippen molar-refractivity contribution in [2.24, 2.45) is 0 Å². The summed E-state index contributed by atoms with van der Waals surface area (Å²) in [6, 6.07) is 5.11. The molecule has 20 heavy (non-hydrogen) atoms. The Morgan fingerprint density at radius 3 is 2.05 bits per heavy atom. The molecule has 1 aliphatic rings. The first-order valence-corrected chi connectivity index (χ1v) is 9.53. The van der Waals surface area contributed by atoms with Crippen LogP contribution in [0.3, 0.4) is 0 Å². The zero-order chi connectivity index (χ0) is 15.0. The van der Waals surface area contributed by atoms with Gasteiger partial charge in [0, 0.05) is 5.69 Å². The molecular weight excluding hydrogens is 304 g/mol. The van der Waals surface area contributed by atoms with Gasteiger partial charge in [0.1, 0.15) is 0 Å². The molecule has 5 N–H and O–H groups in total. The average molecular weight is 321 g/mol. The lowest BCUT2D eigenvalue weighted by atomic mass is 9.91. The molecule has 9 heteroatoms. The second-order valence-electron chi connectivity index (χ2n) is 4.89. The van der Waals surface area contributed by atoms with Gasteiger partial charge in [-0.3, -0.25) is 9.13 Å². The SMILES string of the molecule is O=P(O)(O)C(Nc1ccc2c(c1)CCCC2)P(=O)(O)O. The van der Waals surface area contributed by atoms with Gasteiger partial charge in [-0.1, -0.05) is 6.07 Å². The average Bonchev–Trinajstić information content (AvgIpc) is 2.33. The van der Waals surface area contributed by atoms with E-state index in [9.17, 15) is 9.13 Å². The molecule has 0 aliphatic heterocycles. The number of benzene rings is 1. The maximum absolute atomic E-state index is 11.2. The third kappa shape index (κ3) is 3.70. The van der Waals surface area contributed by atoms with Crippen LogP contribution in [-0.4, -0.2) is 25.1 Å². The third-order valence-electron chi connectivity index (χ3n) is 3.28. The van der Waals surface area contributed by atoms with Crippen molar-refractivity contribution in [3.8, 4) is 0 Å². The van der Waals surface area contributed by atoms with E-state index >= 15 is 0 Å². The predicted octanol–water partition coefficient (Wildman–Crippen LogP) is 1.62. The molecular formula is C11H17NO6P2. The molecule has 1 aromatic rings. The van der Waals surface area contributed by atoms with Gasteiger partial charge in [-0.25, -0.2) is 0 Å². The highest BCUT2D eigenvalue weighted by Gasteiger charge is 2.43. The molecule has 0 amide bonds. The van der Waals surface area contributed by atoms with Crippen LogP contribution in [-0.2, 0) is 22.0 Å². The Labute approximate surface area is 116 Å². The van der Waals surface area contributed by atoms with Crippen LogP contribution in [0.1, 0.15) is 24.0 Å². The maximum Gasteiger partial charge on any atom is 0.360 e. The second kappa shape index (κ2) is 5.60. The normalized spacial score (nSPS) is 16.1. The number of rotatable bonds is 4. The molecule has 1 aliphatic carbocycles. The zero-order valence-electron chi connectivity index (χ0n) is 10.6. The summed E-state index contributed by atoms with van der Waals surface area (Å²) in [6.07, 6.45) is 3.96. The monoisotopic (exact) mass is 321 g/mol. The number of hydrogen-bond acceptors (Lipinski definition) is 3. The molecule has 0 bridgehead atoms. The summed E-state index contributed by atoms with van der Waals surface area (Å²) in [5.41, 5.74) is 0.320. The van der Waals surface area contributed by atoms with Gasteiger partial charge in [0.05, 0.1) is 0 Å². The molecule has 0 spiro atoms. The summed E-state index contributed by atoms with van der Waals surface area (Å²) >= 11 is 0. The highest BCUT2D eigenvalue weighted by molar-refractivity contribution is 7.71. The lowest BCUT2D eigenvalue weighted by Gasteiger charge is -2.23. The largest absolute Gasteiger partial charge is 0.362 e. The molecule has 0 saturated carbocycles. The fourth-order valence-corrected chi connectivity index (χ4v) is 4.54. The molecule has 7 nitrogen and oxygen atoms in total. The smallest absolute Gasteiger partial charge is 0.360 e. The predicted molar refractivity (Wildman–Crippen MR) is 74.6 cm³/mol. The lowest BCUT2D eigenvalue weighted by molar-refractivity contribution is 0.343. The highest BCUT2D eigenvalue weighted by Crippen LogP contribution is 2.59. The second-order valence-corrected chi connectivity index (χ2v) is 8.68. The third-order valence-corrected chi connectivity index (χ3v) is 6.62. The van der Waals surface area contributed by atoms with Crippen LogP contribution in [0.25, 0.3) is 0 Å². The zero-order valence-corrected chi connectivity index (χ0v) is 12.4. The van der Waals surface area contributed by atoms with Gasteiger partial charge in [-0.2, -0.15) is 0 Å². The molecule has 0 saturated heterocycles. The summed E-state index contributed by atoms with van der Waals surface area (Å²) in [6.45, 7) is 0. The molecule has 0 atom stereocenters. The van der Waals surface area contributed by atoms with Crippen molar-refractivity contribution in [2.75, 3.05) is 5.32 Å². The van der Waals surface area contributed by atoms with E-state index in [-0.39, 0.29) is 0 Å². The summed E-state index contributed by atoms with van der Waals surface area (Å²) in [5.74, 6) is 0. The molecule has 0 heterocycles. The highest BCUT2D eigenvalue weighted by atomic mass is 31.2. The first-order chi connectivity index (χ1) is 9.18. The first kappa shape index (κ1) is 15.7. The van der Waals surface area contributed by atoms with Crippen molar-refractivity contribution in [3.05, 3.63) is 29.3 Å². The van der Waals surface area contributed by atoms with Crippen molar-refractivity contribution in [2.45, 2.75) is 31.2 Å². The topological polar surface area (TPSA) is 127 Å². The molecule has 0 radical (unpaired) electrons.